The van der Waals surface area contributed by atoms with Gasteiger partial charge in [-0.3, -0.25) is 4.79 Å². The number of alkyl halides is 3. The van der Waals surface area contributed by atoms with E-state index in [0.717, 1.165) is 12.1 Å². The fourth-order valence-corrected chi connectivity index (χ4v) is 2.48. The van der Waals surface area contributed by atoms with Gasteiger partial charge in [0.15, 0.2) is 16.2 Å². The maximum atomic E-state index is 12.4. The van der Waals surface area contributed by atoms with E-state index >= 15 is 0 Å². The Bertz CT molecular complexity index is 734. The quantitative estimate of drug-likeness (QED) is 0.809. The highest BCUT2D eigenvalue weighted by molar-refractivity contribution is 7.86. The number of aryl methyl sites for hydroxylation is 2. The molecule has 0 spiro atoms. The van der Waals surface area contributed by atoms with Crippen molar-refractivity contribution in [3.8, 4) is 0 Å². The predicted octanol–water partition coefficient (Wildman–Crippen LogP) is 2.47. The summed E-state index contributed by atoms with van der Waals surface area (Å²) in [6.07, 6.45) is 0. The first-order valence-electron chi connectivity index (χ1n) is 5.31. The van der Waals surface area contributed by atoms with Gasteiger partial charge >= 0.3 is 5.51 Å². The van der Waals surface area contributed by atoms with E-state index in [1.807, 2.05) is 0 Å². The zero-order valence-electron chi connectivity index (χ0n) is 10.1. The minimum Gasteiger partial charge on any atom is -0.348 e. The van der Waals surface area contributed by atoms with E-state index in [0.29, 0.717) is 16.6 Å². The molecule has 19 heavy (non-hydrogen) atoms. The average molecular weight is 289 g/mol. The van der Waals surface area contributed by atoms with Crippen LogP contribution in [-0.4, -0.2) is 14.3 Å². The maximum absolute atomic E-state index is 12.4. The number of benzene rings is 1. The lowest BCUT2D eigenvalue weighted by Crippen LogP contribution is -2.17. The summed E-state index contributed by atoms with van der Waals surface area (Å²) in [5, 5.41) is 0.302. The van der Waals surface area contributed by atoms with Crippen LogP contribution < -0.4 is 5.43 Å². The number of hydrogen-bond donors (Lipinski definition) is 0. The van der Waals surface area contributed by atoms with Gasteiger partial charge in [-0.25, -0.2) is 4.21 Å². The highest BCUT2D eigenvalue weighted by atomic mass is 32.2. The van der Waals surface area contributed by atoms with E-state index in [2.05, 4.69) is 0 Å². The largest absolute Gasteiger partial charge is 0.475 e. The number of rotatable bonds is 1. The first-order chi connectivity index (χ1) is 8.71. The Hall–Kier alpha value is -1.63. The second kappa shape index (κ2) is 4.48. The molecular formula is C12H10F3NO2S. The van der Waals surface area contributed by atoms with Crippen LogP contribution in [0, 0.1) is 6.92 Å². The van der Waals surface area contributed by atoms with E-state index < -0.39 is 16.3 Å². The van der Waals surface area contributed by atoms with Crippen molar-refractivity contribution in [2.24, 2.45) is 7.05 Å². The van der Waals surface area contributed by atoms with E-state index in [9.17, 15) is 22.2 Å². The summed E-state index contributed by atoms with van der Waals surface area (Å²) < 4.78 is 50.2. The lowest BCUT2D eigenvalue weighted by Gasteiger charge is -2.11. The van der Waals surface area contributed by atoms with E-state index in [1.54, 1.807) is 18.5 Å². The third-order valence-corrected chi connectivity index (χ3v) is 3.99. The molecule has 2 rings (SSSR count). The zero-order valence-corrected chi connectivity index (χ0v) is 10.9. The van der Waals surface area contributed by atoms with Crippen molar-refractivity contribution in [1.82, 2.24) is 4.57 Å². The van der Waals surface area contributed by atoms with Gasteiger partial charge in [0.25, 0.3) is 0 Å². The predicted molar refractivity (Wildman–Crippen MR) is 66.4 cm³/mol. The molecule has 1 atom stereocenters. The lowest BCUT2D eigenvalue weighted by atomic mass is 10.2. The SMILES string of the molecule is Cc1cc(=O)c2ccc(S(=O)C(F)(F)F)cc2n1C. The van der Waals surface area contributed by atoms with Gasteiger partial charge in [0.05, 0.1) is 5.52 Å². The van der Waals surface area contributed by atoms with Gasteiger partial charge in [-0.05, 0) is 25.1 Å². The fraction of sp³-hybridized carbons (Fsp3) is 0.250. The third-order valence-electron chi connectivity index (χ3n) is 2.89. The first kappa shape index (κ1) is 13.8. The number of pyridine rings is 1. The molecule has 2 aromatic rings. The Labute approximate surface area is 109 Å². The fourth-order valence-electron chi connectivity index (χ4n) is 1.80. The van der Waals surface area contributed by atoms with Crippen LogP contribution in [0.3, 0.4) is 0 Å². The van der Waals surface area contributed by atoms with Crippen LogP contribution in [-0.2, 0) is 17.8 Å². The van der Waals surface area contributed by atoms with Crippen molar-refractivity contribution in [2.75, 3.05) is 0 Å². The molecule has 1 aromatic carbocycles. The van der Waals surface area contributed by atoms with Crippen molar-refractivity contribution < 1.29 is 17.4 Å². The second-order valence-electron chi connectivity index (χ2n) is 4.10. The highest BCUT2D eigenvalue weighted by Crippen LogP contribution is 2.27. The van der Waals surface area contributed by atoms with Crippen LogP contribution in [0.2, 0.25) is 0 Å². The van der Waals surface area contributed by atoms with Crippen molar-refractivity contribution >= 4 is 21.7 Å². The number of hydrogen-bond acceptors (Lipinski definition) is 2. The van der Waals surface area contributed by atoms with Crippen LogP contribution in [0.15, 0.2) is 34.0 Å². The van der Waals surface area contributed by atoms with Crippen LogP contribution in [0.1, 0.15) is 5.69 Å². The number of nitrogens with zero attached hydrogens (tertiary/aromatic N) is 1. The van der Waals surface area contributed by atoms with Gasteiger partial charge in [0, 0.05) is 29.1 Å². The summed E-state index contributed by atoms with van der Waals surface area (Å²) >= 11 is 0. The van der Waals surface area contributed by atoms with Crippen molar-refractivity contribution in [3.05, 3.63) is 40.2 Å². The Kier molecular flexibility index (Phi) is 3.25. The smallest absolute Gasteiger partial charge is 0.348 e. The Balaban J connectivity index is 2.74. The molecule has 0 aliphatic heterocycles. The standard InChI is InChI=1S/C12H10F3NO2S/c1-7-5-11(17)9-4-3-8(6-10(9)16(7)2)19(18)12(13,14)15/h3-6H,1-2H3. The van der Waals surface area contributed by atoms with E-state index in [1.165, 1.54) is 12.1 Å². The first-order valence-corrected chi connectivity index (χ1v) is 6.46. The molecule has 3 nitrogen and oxygen atoms in total. The summed E-state index contributed by atoms with van der Waals surface area (Å²) in [5.41, 5.74) is -4.13. The monoisotopic (exact) mass is 289 g/mol. The summed E-state index contributed by atoms with van der Waals surface area (Å²) in [6.45, 7) is 1.67. The van der Waals surface area contributed by atoms with Crippen molar-refractivity contribution in [2.45, 2.75) is 17.3 Å². The molecule has 0 saturated carbocycles. The van der Waals surface area contributed by atoms with E-state index in [-0.39, 0.29) is 10.3 Å². The van der Waals surface area contributed by atoms with Gasteiger partial charge in [-0.1, -0.05) is 0 Å². The Morgan fingerprint density at radius 2 is 1.84 bits per heavy atom. The van der Waals surface area contributed by atoms with Crippen LogP contribution >= 0.6 is 0 Å². The minimum atomic E-state index is -4.81. The molecule has 0 fully saturated rings. The van der Waals surface area contributed by atoms with Crippen LogP contribution in [0.5, 0.6) is 0 Å². The second-order valence-corrected chi connectivity index (χ2v) is 5.57. The molecule has 0 aliphatic carbocycles. The molecule has 0 aliphatic rings. The van der Waals surface area contributed by atoms with Gasteiger partial charge in [0.2, 0.25) is 0 Å². The van der Waals surface area contributed by atoms with Gasteiger partial charge in [-0.2, -0.15) is 13.2 Å². The highest BCUT2D eigenvalue weighted by Gasteiger charge is 2.38. The molecule has 7 heteroatoms. The summed E-state index contributed by atoms with van der Waals surface area (Å²) in [5.74, 6) is 0. The maximum Gasteiger partial charge on any atom is 0.475 e. The zero-order chi connectivity index (χ0) is 14.4. The van der Waals surface area contributed by atoms with Crippen molar-refractivity contribution in [1.29, 1.82) is 0 Å². The molecule has 0 bridgehead atoms. The molecule has 1 unspecified atom stereocenters. The van der Waals surface area contributed by atoms with Gasteiger partial charge < -0.3 is 4.57 Å². The number of fused-ring (bicyclic) bond motifs is 1. The Morgan fingerprint density at radius 1 is 1.21 bits per heavy atom. The van der Waals surface area contributed by atoms with Crippen LogP contribution in [0.25, 0.3) is 10.9 Å². The number of halogens is 3. The van der Waals surface area contributed by atoms with E-state index in [4.69, 9.17) is 0 Å². The third kappa shape index (κ3) is 2.42. The summed E-state index contributed by atoms with van der Waals surface area (Å²) in [4.78, 5) is 11.4. The molecule has 0 radical (unpaired) electrons. The molecule has 0 saturated heterocycles. The summed E-state index contributed by atoms with van der Waals surface area (Å²) in [6, 6.07) is 4.90. The molecule has 0 N–H and O–H groups in total. The minimum absolute atomic E-state index is 0.269. The summed E-state index contributed by atoms with van der Waals surface area (Å²) in [7, 11) is -1.46. The van der Waals surface area contributed by atoms with Gasteiger partial charge in [0.1, 0.15) is 0 Å². The number of aromatic nitrogens is 1. The average Bonchev–Trinajstić information content (AvgIpc) is 2.33. The molecular weight excluding hydrogens is 279 g/mol. The normalized spacial score (nSPS) is 13.7. The molecule has 102 valence electrons. The van der Waals surface area contributed by atoms with Crippen molar-refractivity contribution in [3.63, 3.8) is 0 Å². The Morgan fingerprint density at radius 3 is 2.42 bits per heavy atom. The van der Waals surface area contributed by atoms with Crippen LogP contribution in [0.4, 0.5) is 13.2 Å². The van der Waals surface area contributed by atoms with Gasteiger partial charge in [-0.15, -0.1) is 0 Å². The topological polar surface area (TPSA) is 39.1 Å². The molecule has 0 amide bonds. The molecule has 1 heterocycles. The molecule has 1 aromatic heterocycles. The lowest BCUT2D eigenvalue weighted by molar-refractivity contribution is -0.0384.